The van der Waals surface area contributed by atoms with Crippen molar-refractivity contribution in [3.8, 4) is 0 Å². The van der Waals surface area contributed by atoms with Gasteiger partial charge in [-0.25, -0.2) is 0 Å². The Labute approximate surface area is 112 Å². The molecule has 6 heteroatoms. The Morgan fingerprint density at radius 3 is 2.61 bits per heavy atom. The number of hydrogen-bond acceptors (Lipinski definition) is 3. The number of halogens is 1. The quantitative estimate of drug-likeness (QED) is 0.916. The van der Waals surface area contributed by atoms with E-state index in [1.807, 2.05) is 31.8 Å². The molecule has 0 spiro atoms. The van der Waals surface area contributed by atoms with E-state index >= 15 is 0 Å². The van der Waals surface area contributed by atoms with Crippen LogP contribution in [-0.4, -0.2) is 19.6 Å². The molecule has 2 aromatic rings. The van der Waals surface area contributed by atoms with Gasteiger partial charge >= 0.3 is 0 Å². The molecule has 0 saturated heterocycles. The van der Waals surface area contributed by atoms with Crippen LogP contribution in [0.4, 0.5) is 0 Å². The summed E-state index contributed by atoms with van der Waals surface area (Å²) in [6.07, 6.45) is 3.23. The van der Waals surface area contributed by atoms with Gasteiger partial charge in [-0.05, 0) is 12.5 Å². The second-order valence-electron chi connectivity index (χ2n) is 4.37. The molecule has 2 rings (SSSR count). The van der Waals surface area contributed by atoms with Crippen LogP contribution in [0.15, 0.2) is 12.3 Å². The lowest BCUT2D eigenvalue weighted by molar-refractivity contribution is 0.588. The smallest absolute Gasteiger partial charge is 0.0850 e. The first kappa shape index (κ1) is 13.1. The monoisotopic (exact) mass is 267 g/mol. The first-order chi connectivity index (χ1) is 8.54. The van der Waals surface area contributed by atoms with Gasteiger partial charge in [0.15, 0.2) is 0 Å². The summed E-state index contributed by atoms with van der Waals surface area (Å²) in [6, 6.07) is 1.80. The number of nitrogens with zero attached hydrogens (tertiary/aromatic N) is 4. The predicted octanol–water partition coefficient (Wildman–Crippen LogP) is 1.61. The zero-order chi connectivity index (χ0) is 13.3. The van der Waals surface area contributed by atoms with Crippen LogP contribution in [0.5, 0.6) is 0 Å². The van der Waals surface area contributed by atoms with Crippen molar-refractivity contribution in [1.29, 1.82) is 0 Å². The van der Waals surface area contributed by atoms with Gasteiger partial charge in [0.05, 0.1) is 28.1 Å². The second kappa shape index (κ2) is 5.12. The van der Waals surface area contributed by atoms with Gasteiger partial charge < -0.3 is 5.73 Å². The Morgan fingerprint density at radius 2 is 2.11 bits per heavy atom. The summed E-state index contributed by atoms with van der Waals surface area (Å²) in [4.78, 5) is 0. The summed E-state index contributed by atoms with van der Waals surface area (Å²) in [5.74, 6) is 0. The summed E-state index contributed by atoms with van der Waals surface area (Å²) in [5, 5.41) is 9.25. The maximum Gasteiger partial charge on any atom is 0.0850 e. The number of hydrogen-bond donors (Lipinski definition) is 1. The summed E-state index contributed by atoms with van der Waals surface area (Å²) in [5.41, 5.74) is 9.09. The molecule has 2 heterocycles. The maximum atomic E-state index is 6.31. The van der Waals surface area contributed by atoms with Gasteiger partial charge in [0.25, 0.3) is 0 Å². The summed E-state index contributed by atoms with van der Waals surface area (Å²) < 4.78 is 3.60. The van der Waals surface area contributed by atoms with Gasteiger partial charge in [0.2, 0.25) is 0 Å². The molecule has 1 atom stereocenters. The zero-order valence-electron chi connectivity index (χ0n) is 10.9. The Balaban J connectivity index is 2.24. The summed E-state index contributed by atoms with van der Waals surface area (Å²) in [7, 11) is 3.79. The van der Waals surface area contributed by atoms with Crippen molar-refractivity contribution in [2.75, 3.05) is 0 Å². The van der Waals surface area contributed by atoms with Crippen LogP contribution in [-0.2, 0) is 26.9 Å². The van der Waals surface area contributed by atoms with E-state index in [0.29, 0.717) is 6.42 Å². The van der Waals surface area contributed by atoms with Gasteiger partial charge in [-0.3, -0.25) is 9.36 Å². The molecule has 5 nitrogen and oxygen atoms in total. The molecule has 0 fully saturated rings. The third-order valence-electron chi connectivity index (χ3n) is 3.15. The molecule has 98 valence electrons. The van der Waals surface area contributed by atoms with Crippen LogP contribution < -0.4 is 5.73 Å². The Bertz CT molecular complexity index is 543. The highest BCUT2D eigenvalue weighted by molar-refractivity contribution is 6.31. The van der Waals surface area contributed by atoms with Crippen LogP contribution in [0.1, 0.15) is 30.0 Å². The van der Waals surface area contributed by atoms with Gasteiger partial charge in [0, 0.05) is 26.7 Å². The number of nitrogens with two attached hydrogens (primary N) is 1. The average molecular weight is 268 g/mol. The highest BCUT2D eigenvalue weighted by Gasteiger charge is 2.18. The third-order valence-corrected chi connectivity index (χ3v) is 3.59. The molecule has 0 aliphatic carbocycles. The molecular formula is C12H18ClN5. The highest BCUT2D eigenvalue weighted by Crippen LogP contribution is 2.25. The standard InChI is InChI=1S/C12H18ClN5/c1-4-9-12(13)11(18(3)16-9)7-8(14)10-5-6-15-17(10)2/h5-6,8H,4,7,14H2,1-3H3. The van der Waals surface area contributed by atoms with Crippen molar-refractivity contribution in [2.24, 2.45) is 19.8 Å². The van der Waals surface area contributed by atoms with Crippen molar-refractivity contribution in [3.63, 3.8) is 0 Å². The fourth-order valence-corrected chi connectivity index (χ4v) is 2.47. The Morgan fingerprint density at radius 1 is 1.39 bits per heavy atom. The van der Waals surface area contributed by atoms with Crippen molar-refractivity contribution in [3.05, 3.63) is 34.4 Å². The van der Waals surface area contributed by atoms with E-state index in [1.54, 1.807) is 10.9 Å². The Kier molecular flexibility index (Phi) is 3.73. The molecule has 0 aromatic carbocycles. The molecule has 18 heavy (non-hydrogen) atoms. The minimum atomic E-state index is -0.130. The molecule has 0 aliphatic rings. The highest BCUT2D eigenvalue weighted by atomic mass is 35.5. The van der Waals surface area contributed by atoms with E-state index in [2.05, 4.69) is 10.2 Å². The van der Waals surface area contributed by atoms with Crippen LogP contribution in [0.3, 0.4) is 0 Å². The van der Waals surface area contributed by atoms with E-state index < -0.39 is 0 Å². The van der Waals surface area contributed by atoms with Crippen molar-refractivity contribution in [1.82, 2.24) is 19.6 Å². The predicted molar refractivity (Wildman–Crippen MR) is 71.4 cm³/mol. The van der Waals surface area contributed by atoms with E-state index in [4.69, 9.17) is 17.3 Å². The molecule has 2 N–H and O–H groups in total. The Hall–Kier alpha value is -1.33. The molecule has 2 aromatic heterocycles. The topological polar surface area (TPSA) is 61.7 Å². The fourth-order valence-electron chi connectivity index (χ4n) is 2.10. The lowest BCUT2D eigenvalue weighted by atomic mass is 10.1. The third kappa shape index (κ3) is 2.28. The molecule has 0 bridgehead atoms. The van der Waals surface area contributed by atoms with Crippen LogP contribution >= 0.6 is 11.6 Å². The van der Waals surface area contributed by atoms with E-state index in [0.717, 1.165) is 28.5 Å². The molecule has 0 saturated carbocycles. The first-order valence-electron chi connectivity index (χ1n) is 5.98. The molecule has 0 aliphatic heterocycles. The zero-order valence-corrected chi connectivity index (χ0v) is 11.6. The molecular weight excluding hydrogens is 250 g/mol. The van der Waals surface area contributed by atoms with Gasteiger partial charge in [0.1, 0.15) is 0 Å². The van der Waals surface area contributed by atoms with Gasteiger partial charge in [-0.2, -0.15) is 10.2 Å². The van der Waals surface area contributed by atoms with E-state index in [9.17, 15) is 0 Å². The van der Waals surface area contributed by atoms with Crippen molar-refractivity contribution in [2.45, 2.75) is 25.8 Å². The van der Waals surface area contributed by atoms with Crippen molar-refractivity contribution < 1.29 is 0 Å². The molecule has 0 amide bonds. The number of aryl methyl sites for hydroxylation is 3. The normalized spacial score (nSPS) is 12.9. The van der Waals surface area contributed by atoms with E-state index in [1.165, 1.54) is 0 Å². The first-order valence-corrected chi connectivity index (χ1v) is 6.36. The maximum absolute atomic E-state index is 6.31. The van der Waals surface area contributed by atoms with Gasteiger partial charge in [-0.15, -0.1) is 0 Å². The fraction of sp³-hybridized carbons (Fsp3) is 0.500. The van der Waals surface area contributed by atoms with Crippen molar-refractivity contribution >= 4 is 11.6 Å². The van der Waals surface area contributed by atoms with Crippen LogP contribution in [0, 0.1) is 0 Å². The van der Waals surface area contributed by atoms with Gasteiger partial charge in [-0.1, -0.05) is 18.5 Å². The van der Waals surface area contributed by atoms with E-state index in [-0.39, 0.29) is 6.04 Å². The molecule has 0 radical (unpaired) electrons. The lowest BCUT2D eigenvalue weighted by Crippen LogP contribution is -2.18. The average Bonchev–Trinajstić information content (AvgIpc) is 2.87. The lowest BCUT2D eigenvalue weighted by Gasteiger charge is -2.12. The molecule has 1 unspecified atom stereocenters. The summed E-state index contributed by atoms with van der Waals surface area (Å²) >= 11 is 6.31. The van der Waals surface area contributed by atoms with Crippen LogP contribution in [0.25, 0.3) is 0 Å². The minimum absolute atomic E-state index is 0.130. The number of rotatable bonds is 4. The minimum Gasteiger partial charge on any atom is -0.322 e. The largest absolute Gasteiger partial charge is 0.322 e. The number of aromatic nitrogens is 4. The van der Waals surface area contributed by atoms with Crippen LogP contribution in [0.2, 0.25) is 5.02 Å². The summed E-state index contributed by atoms with van der Waals surface area (Å²) in [6.45, 7) is 2.04. The second-order valence-corrected chi connectivity index (χ2v) is 4.75. The SMILES string of the molecule is CCc1nn(C)c(CC(N)c2ccnn2C)c1Cl.